The van der Waals surface area contributed by atoms with Gasteiger partial charge in [0, 0.05) is 28.1 Å². The highest BCUT2D eigenvalue weighted by atomic mass is 35.5. The standard InChI is InChI=1S/C27H35ClN2O4/c1-25(2,3)34-24(32)29-21(23(31)33-7)14-17-13-19(28)15-20-22(17)30-26(4,5)16-27(20,6)18-11-9-8-10-12-18/h8-13,15,21,30H,14,16H2,1-7H3,(H,29,32)/t21-,27?/m1/s1. The number of fused-ring (bicyclic) bond motifs is 1. The molecule has 0 radical (unpaired) electrons. The Labute approximate surface area is 207 Å². The number of nitrogens with one attached hydrogen (secondary N) is 2. The van der Waals surface area contributed by atoms with E-state index in [1.165, 1.54) is 12.7 Å². The predicted molar refractivity (Wildman–Crippen MR) is 136 cm³/mol. The molecule has 34 heavy (non-hydrogen) atoms. The molecule has 2 aromatic carbocycles. The number of benzene rings is 2. The van der Waals surface area contributed by atoms with E-state index in [-0.39, 0.29) is 17.4 Å². The lowest BCUT2D eigenvalue weighted by Gasteiger charge is -2.47. The van der Waals surface area contributed by atoms with Gasteiger partial charge in [-0.1, -0.05) is 48.9 Å². The summed E-state index contributed by atoms with van der Waals surface area (Å²) in [5, 5.41) is 6.89. The summed E-state index contributed by atoms with van der Waals surface area (Å²) in [6, 6.07) is 13.2. The van der Waals surface area contributed by atoms with Crippen molar-refractivity contribution in [2.75, 3.05) is 12.4 Å². The van der Waals surface area contributed by atoms with Gasteiger partial charge in [0.15, 0.2) is 0 Å². The molecule has 0 aliphatic carbocycles. The minimum atomic E-state index is -0.933. The molecule has 6 nitrogen and oxygen atoms in total. The van der Waals surface area contributed by atoms with Crippen molar-refractivity contribution in [2.24, 2.45) is 0 Å². The van der Waals surface area contributed by atoms with Crippen LogP contribution in [0.5, 0.6) is 0 Å². The van der Waals surface area contributed by atoms with E-state index in [2.05, 4.69) is 43.5 Å². The molecule has 1 unspecified atom stereocenters. The van der Waals surface area contributed by atoms with Gasteiger partial charge in [-0.15, -0.1) is 0 Å². The first-order valence-electron chi connectivity index (χ1n) is 11.5. The smallest absolute Gasteiger partial charge is 0.408 e. The van der Waals surface area contributed by atoms with Crippen molar-refractivity contribution < 1.29 is 19.1 Å². The number of methoxy groups -OCH3 is 1. The Morgan fingerprint density at radius 1 is 1.15 bits per heavy atom. The van der Waals surface area contributed by atoms with Crippen molar-refractivity contribution >= 4 is 29.4 Å². The summed E-state index contributed by atoms with van der Waals surface area (Å²) in [6.07, 6.45) is 0.372. The lowest BCUT2D eigenvalue weighted by atomic mass is 9.65. The monoisotopic (exact) mass is 486 g/mol. The third kappa shape index (κ3) is 5.84. The molecular formula is C27H35ClN2O4. The minimum Gasteiger partial charge on any atom is -0.467 e. The van der Waals surface area contributed by atoms with E-state index in [9.17, 15) is 9.59 Å². The van der Waals surface area contributed by atoms with Crippen molar-refractivity contribution in [2.45, 2.75) is 77.0 Å². The topological polar surface area (TPSA) is 76.7 Å². The molecular weight excluding hydrogens is 452 g/mol. The molecule has 2 aromatic rings. The Hall–Kier alpha value is -2.73. The summed E-state index contributed by atoms with van der Waals surface area (Å²) in [5.41, 5.74) is 2.78. The van der Waals surface area contributed by atoms with Crippen molar-refractivity contribution in [3.05, 3.63) is 64.2 Å². The molecule has 1 aliphatic heterocycles. The fourth-order valence-electron chi connectivity index (χ4n) is 4.84. The summed E-state index contributed by atoms with van der Waals surface area (Å²) in [5.74, 6) is -0.555. The number of carbonyl (C=O) groups excluding carboxylic acids is 2. The Morgan fingerprint density at radius 2 is 1.79 bits per heavy atom. The average Bonchev–Trinajstić information content (AvgIpc) is 2.72. The fraction of sp³-hybridized carbons (Fsp3) is 0.481. The van der Waals surface area contributed by atoms with Gasteiger partial charge in [-0.2, -0.15) is 0 Å². The third-order valence-corrected chi connectivity index (χ3v) is 6.27. The highest BCUT2D eigenvalue weighted by Gasteiger charge is 2.43. The summed E-state index contributed by atoms with van der Waals surface area (Å²) in [7, 11) is 1.30. The zero-order chi connectivity index (χ0) is 25.3. The van der Waals surface area contributed by atoms with E-state index < -0.39 is 23.7 Å². The van der Waals surface area contributed by atoms with Crippen LogP contribution in [0.1, 0.15) is 64.7 Å². The number of hydrogen-bond donors (Lipinski definition) is 2. The quantitative estimate of drug-likeness (QED) is 0.518. The maximum atomic E-state index is 12.6. The Bertz CT molecular complexity index is 1060. The van der Waals surface area contributed by atoms with Crippen LogP contribution in [0, 0.1) is 0 Å². The predicted octanol–water partition coefficient (Wildman–Crippen LogP) is 5.85. The Kier molecular flexibility index (Phi) is 7.23. The molecule has 0 saturated carbocycles. The van der Waals surface area contributed by atoms with Gasteiger partial charge in [0.1, 0.15) is 11.6 Å². The highest BCUT2D eigenvalue weighted by molar-refractivity contribution is 6.30. The van der Waals surface area contributed by atoms with Crippen LogP contribution in [0.15, 0.2) is 42.5 Å². The first-order chi connectivity index (χ1) is 15.7. The van der Waals surface area contributed by atoms with E-state index in [0.717, 1.165) is 23.2 Å². The van der Waals surface area contributed by atoms with E-state index in [1.54, 1.807) is 20.8 Å². The van der Waals surface area contributed by atoms with Crippen molar-refractivity contribution in [3.63, 3.8) is 0 Å². The zero-order valence-electron chi connectivity index (χ0n) is 21.0. The third-order valence-electron chi connectivity index (χ3n) is 6.05. The number of hydrogen-bond acceptors (Lipinski definition) is 5. The molecule has 0 spiro atoms. The van der Waals surface area contributed by atoms with E-state index >= 15 is 0 Å². The molecule has 0 bridgehead atoms. The first kappa shape index (κ1) is 25.9. The van der Waals surface area contributed by atoms with Gasteiger partial charge in [0.25, 0.3) is 0 Å². The number of halogens is 1. The lowest BCUT2D eigenvalue weighted by Crippen LogP contribution is -2.47. The van der Waals surface area contributed by atoms with Gasteiger partial charge in [-0.25, -0.2) is 9.59 Å². The minimum absolute atomic E-state index is 0.197. The van der Waals surface area contributed by atoms with Gasteiger partial charge in [0.05, 0.1) is 7.11 Å². The van der Waals surface area contributed by atoms with Gasteiger partial charge in [-0.3, -0.25) is 0 Å². The molecule has 1 heterocycles. The van der Waals surface area contributed by atoms with Gasteiger partial charge >= 0.3 is 12.1 Å². The molecule has 2 N–H and O–H groups in total. The van der Waals surface area contributed by atoms with E-state index in [4.69, 9.17) is 21.1 Å². The number of amides is 1. The van der Waals surface area contributed by atoms with Crippen LogP contribution in [-0.4, -0.2) is 36.4 Å². The van der Waals surface area contributed by atoms with E-state index in [1.807, 2.05) is 30.3 Å². The summed E-state index contributed by atoms with van der Waals surface area (Å²) >= 11 is 6.60. The maximum Gasteiger partial charge on any atom is 0.408 e. The second kappa shape index (κ2) is 9.49. The normalized spacial score (nSPS) is 19.9. The molecule has 3 rings (SSSR count). The summed E-state index contributed by atoms with van der Waals surface area (Å²) < 4.78 is 10.3. The Morgan fingerprint density at radius 3 is 2.38 bits per heavy atom. The van der Waals surface area contributed by atoms with Crippen LogP contribution in [-0.2, 0) is 26.1 Å². The van der Waals surface area contributed by atoms with Crippen LogP contribution in [0.2, 0.25) is 5.02 Å². The molecule has 0 aromatic heterocycles. The van der Waals surface area contributed by atoms with Gasteiger partial charge < -0.3 is 20.1 Å². The van der Waals surface area contributed by atoms with Crippen LogP contribution >= 0.6 is 11.6 Å². The number of esters is 1. The number of alkyl carbamates (subject to hydrolysis) is 1. The number of carbonyl (C=O) groups is 2. The number of anilines is 1. The van der Waals surface area contributed by atoms with Crippen molar-refractivity contribution in [3.8, 4) is 0 Å². The molecule has 184 valence electrons. The summed E-state index contributed by atoms with van der Waals surface area (Å²) in [4.78, 5) is 25.0. The van der Waals surface area contributed by atoms with Crippen LogP contribution in [0.25, 0.3) is 0 Å². The largest absolute Gasteiger partial charge is 0.467 e. The lowest BCUT2D eigenvalue weighted by molar-refractivity contribution is -0.143. The highest BCUT2D eigenvalue weighted by Crippen LogP contribution is 2.49. The SMILES string of the molecule is COC(=O)[C@@H](Cc1cc(Cl)cc2c1NC(C)(C)CC2(C)c1ccccc1)NC(=O)OC(C)(C)C. The van der Waals surface area contributed by atoms with Crippen LogP contribution in [0.4, 0.5) is 10.5 Å². The molecule has 2 atom stereocenters. The molecule has 7 heteroatoms. The molecule has 1 aliphatic rings. The van der Waals surface area contributed by atoms with E-state index in [0.29, 0.717) is 5.02 Å². The average molecular weight is 487 g/mol. The van der Waals surface area contributed by atoms with Crippen molar-refractivity contribution in [1.82, 2.24) is 5.32 Å². The first-order valence-corrected chi connectivity index (χ1v) is 11.9. The molecule has 0 saturated heterocycles. The number of ether oxygens (including phenoxy) is 2. The fourth-order valence-corrected chi connectivity index (χ4v) is 5.08. The maximum absolute atomic E-state index is 12.6. The van der Waals surface area contributed by atoms with Crippen molar-refractivity contribution in [1.29, 1.82) is 0 Å². The number of rotatable bonds is 5. The Balaban J connectivity index is 2.06. The van der Waals surface area contributed by atoms with Crippen LogP contribution in [0.3, 0.4) is 0 Å². The molecule has 1 amide bonds. The zero-order valence-corrected chi connectivity index (χ0v) is 21.8. The summed E-state index contributed by atoms with van der Waals surface area (Å²) in [6.45, 7) is 11.8. The van der Waals surface area contributed by atoms with Gasteiger partial charge in [-0.05, 0) is 69.9 Å². The second-order valence-corrected chi connectivity index (χ2v) is 11.2. The second-order valence-electron chi connectivity index (χ2n) is 10.8. The van der Waals surface area contributed by atoms with Gasteiger partial charge in [0.2, 0.25) is 0 Å². The van der Waals surface area contributed by atoms with Crippen LogP contribution < -0.4 is 10.6 Å². The molecule has 0 fully saturated rings.